The minimum atomic E-state index is -0.712. The number of hydrogen-bond donors (Lipinski definition) is 2. The number of likely N-dealkylation sites (N-methyl/N-ethyl adjacent to an activating group) is 1. The number of aromatic amines is 1. The predicted molar refractivity (Wildman–Crippen MR) is 110 cm³/mol. The van der Waals surface area contributed by atoms with Gasteiger partial charge in [0, 0.05) is 13.1 Å². The first-order valence-electron chi connectivity index (χ1n) is 8.64. The first kappa shape index (κ1) is 18.9. The van der Waals surface area contributed by atoms with Crippen LogP contribution in [0, 0.1) is 0 Å². The molecule has 0 aliphatic heterocycles. The summed E-state index contributed by atoms with van der Waals surface area (Å²) in [6, 6.07) is 18.5. The fourth-order valence-corrected chi connectivity index (χ4v) is 2.78. The zero-order valence-corrected chi connectivity index (χ0v) is 15.3. The molecular formula is C21H20N4O3. The lowest BCUT2D eigenvalue weighted by Crippen LogP contribution is -2.39. The fraction of sp³-hybridized carbons (Fsp3) is 0.0952. The minimum Gasteiger partial charge on any atom is -0.383 e. The summed E-state index contributed by atoms with van der Waals surface area (Å²) < 4.78 is 1.23. The lowest BCUT2D eigenvalue weighted by atomic mass is 10.2. The summed E-state index contributed by atoms with van der Waals surface area (Å²) >= 11 is 0. The van der Waals surface area contributed by atoms with Crippen LogP contribution in [0.25, 0.3) is 6.08 Å². The molecule has 0 atom stereocenters. The van der Waals surface area contributed by atoms with Crippen molar-refractivity contribution in [2.24, 2.45) is 0 Å². The number of nitrogens with zero attached hydrogens (tertiary/aromatic N) is 2. The van der Waals surface area contributed by atoms with Crippen LogP contribution < -0.4 is 21.9 Å². The van der Waals surface area contributed by atoms with Gasteiger partial charge in [0.2, 0.25) is 0 Å². The van der Waals surface area contributed by atoms with E-state index in [1.165, 1.54) is 17.7 Å². The van der Waals surface area contributed by atoms with E-state index >= 15 is 0 Å². The Labute approximate surface area is 161 Å². The Balaban J connectivity index is 1.93. The smallest absolute Gasteiger partial charge is 0.330 e. The van der Waals surface area contributed by atoms with Crippen molar-refractivity contribution in [3.05, 3.63) is 98.7 Å². The minimum absolute atomic E-state index is 0.0680. The van der Waals surface area contributed by atoms with E-state index < -0.39 is 17.2 Å². The summed E-state index contributed by atoms with van der Waals surface area (Å²) in [5.41, 5.74) is 6.38. The van der Waals surface area contributed by atoms with Crippen molar-refractivity contribution in [3.63, 3.8) is 0 Å². The average Bonchev–Trinajstić information content (AvgIpc) is 2.70. The van der Waals surface area contributed by atoms with E-state index in [-0.39, 0.29) is 18.1 Å². The Kier molecular flexibility index (Phi) is 5.55. The molecule has 3 rings (SSSR count). The summed E-state index contributed by atoms with van der Waals surface area (Å²) in [6.45, 7) is 0.178. The molecule has 0 radical (unpaired) electrons. The Hall–Kier alpha value is -3.87. The lowest BCUT2D eigenvalue weighted by molar-refractivity contribution is -0.113. The van der Waals surface area contributed by atoms with Gasteiger partial charge in [0.15, 0.2) is 5.69 Å². The quantitative estimate of drug-likeness (QED) is 0.664. The van der Waals surface area contributed by atoms with Crippen molar-refractivity contribution < 1.29 is 4.79 Å². The molecular weight excluding hydrogens is 356 g/mol. The van der Waals surface area contributed by atoms with Crippen LogP contribution >= 0.6 is 0 Å². The Morgan fingerprint density at radius 3 is 2.32 bits per heavy atom. The highest BCUT2D eigenvalue weighted by Gasteiger charge is 2.19. The average molecular weight is 376 g/mol. The van der Waals surface area contributed by atoms with Crippen LogP contribution in [0.1, 0.15) is 11.1 Å². The normalized spacial score (nSPS) is 10.9. The molecule has 1 aromatic heterocycles. The van der Waals surface area contributed by atoms with E-state index in [0.717, 1.165) is 16.0 Å². The zero-order valence-electron chi connectivity index (χ0n) is 15.3. The standard InChI is InChI=1S/C21H20N4O3/c1-24(17(26)13-12-15-8-4-2-5-9-15)18-19(22)25(21(28)23-20(18)27)14-16-10-6-3-7-11-16/h2-13H,14,22H2,1H3,(H,23,27,28)/b13-12+. The molecule has 0 aliphatic carbocycles. The molecule has 28 heavy (non-hydrogen) atoms. The largest absolute Gasteiger partial charge is 0.383 e. The first-order valence-corrected chi connectivity index (χ1v) is 8.64. The number of nitrogens with two attached hydrogens (primary N) is 1. The highest BCUT2D eigenvalue weighted by molar-refractivity contribution is 6.04. The highest BCUT2D eigenvalue weighted by atomic mass is 16.2. The molecule has 1 heterocycles. The number of aromatic nitrogens is 2. The number of benzene rings is 2. The van der Waals surface area contributed by atoms with Crippen LogP contribution in [0.15, 0.2) is 76.3 Å². The molecule has 0 bridgehead atoms. The molecule has 3 aromatic rings. The van der Waals surface area contributed by atoms with Gasteiger partial charge in [-0.1, -0.05) is 60.7 Å². The highest BCUT2D eigenvalue weighted by Crippen LogP contribution is 2.17. The van der Waals surface area contributed by atoms with Crippen LogP contribution in [0.5, 0.6) is 0 Å². The van der Waals surface area contributed by atoms with Gasteiger partial charge in [0.05, 0.1) is 6.54 Å². The van der Waals surface area contributed by atoms with Crippen molar-refractivity contribution in [2.45, 2.75) is 6.54 Å². The van der Waals surface area contributed by atoms with Gasteiger partial charge in [-0.05, 0) is 17.2 Å². The van der Waals surface area contributed by atoms with Crippen LogP contribution in [-0.2, 0) is 11.3 Å². The number of nitrogens with one attached hydrogen (secondary N) is 1. The second-order valence-electron chi connectivity index (χ2n) is 6.21. The fourth-order valence-electron chi connectivity index (χ4n) is 2.78. The topological polar surface area (TPSA) is 101 Å². The molecule has 0 saturated carbocycles. The van der Waals surface area contributed by atoms with Crippen LogP contribution in [0.4, 0.5) is 11.5 Å². The Morgan fingerprint density at radius 2 is 1.68 bits per heavy atom. The van der Waals surface area contributed by atoms with Crippen molar-refractivity contribution in [1.82, 2.24) is 9.55 Å². The molecule has 142 valence electrons. The van der Waals surface area contributed by atoms with E-state index in [2.05, 4.69) is 4.98 Å². The van der Waals surface area contributed by atoms with Gasteiger partial charge in [-0.3, -0.25) is 19.1 Å². The van der Waals surface area contributed by atoms with Gasteiger partial charge >= 0.3 is 5.69 Å². The molecule has 0 saturated heterocycles. The molecule has 2 aromatic carbocycles. The molecule has 0 fully saturated rings. The summed E-state index contributed by atoms with van der Waals surface area (Å²) in [4.78, 5) is 40.4. The van der Waals surface area contributed by atoms with Gasteiger partial charge in [-0.25, -0.2) is 4.79 Å². The third kappa shape index (κ3) is 4.09. The predicted octanol–water partition coefficient (Wildman–Crippen LogP) is 1.84. The van der Waals surface area contributed by atoms with E-state index in [0.29, 0.717) is 0 Å². The molecule has 1 amide bonds. The van der Waals surface area contributed by atoms with E-state index in [4.69, 9.17) is 5.73 Å². The molecule has 3 N–H and O–H groups in total. The number of nitrogen functional groups attached to an aromatic ring is 1. The second kappa shape index (κ2) is 8.22. The van der Waals surface area contributed by atoms with E-state index in [9.17, 15) is 14.4 Å². The number of rotatable bonds is 5. The molecule has 0 aliphatic rings. The van der Waals surface area contributed by atoms with E-state index in [1.807, 2.05) is 60.7 Å². The van der Waals surface area contributed by atoms with E-state index in [1.54, 1.807) is 6.08 Å². The summed E-state index contributed by atoms with van der Waals surface area (Å²) in [6.07, 6.45) is 2.99. The van der Waals surface area contributed by atoms with Gasteiger partial charge < -0.3 is 10.6 Å². The number of H-pyrrole nitrogens is 1. The van der Waals surface area contributed by atoms with Crippen LogP contribution in [0.2, 0.25) is 0 Å². The molecule has 7 heteroatoms. The van der Waals surface area contributed by atoms with Gasteiger partial charge in [-0.15, -0.1) is 0 Å². The Bertz CT molecular complexity index is 1120. The van der Waals surface area contributed by atoms with Crippen LogP contribution in [0.3, 0.4) is 0 Å². The SMILES string of the molecule is CN(C(=O)/C=C/c1ccccc1)c1c(N)n(Cc2ccccc2)c(=O)[nH]c1=O. The van der Waals surface area contributed by atoms with Crippen LogP contribution in [-0.4, -0.2) is 22.5 Å². The number of carbonyl (C=O) groups is 1. The summed E-state index contributed by atoms with van der Waals surface area (Å²) in [5.74, 6) is -0.507. The van der Waals surface area contributed by atoms with Gasteiger partial charge in [-0.2, -0.15) is 0 Å². The third-order valence-corrected chi connectivity index (χ3v) is 4.28. The van der Waals surface area contributed by atoms with Crippen molar-refractivity contribution in [3.8, 4) is 0 Å². The third-order valence-electron chi connectivity index (χ3n) is 4.28. The number of hydrogen-bond acceptors (Lipinski definition) is 4. The lowest BCUT2D eigenvalue weighted by Gasteiger charge is -2.19. The summed E-state index contributed by atoms with van der Waals surface area (Å²) in [7, 11) is 1.44. The number of amides is 1. The maximum Gasteiger partial charge on any atom is 0.330 e. The van der Waals surface area contributed by atoms with Crippen molar-refractivity contribution in [1.29, 1.82) is 0 Å². The second-order valence-corrected chi connectivity index (χ2v) is 6.21. The maximum atomic E-state index is 12.5. The zero-order chi connectivity index (χ0) is 20.1. The molecule has 0 unspecified atom stereocenters. The summed E-state index contributed by atoms with van der Waals surface area (Å²) in [5, 5.41) is 0. The number of anilines is 2. The molecule has 7 nitrogen and oxygen atoms in total. The van der Waals surface area contributed by atoms with Gasteiger partial charge in [0.25, 0.3) is 11.5 Å². The van der Waals surface area contributed by atoms with Gasteiger partial charge in [0.1, 0.15) is 5.82 Å². The Morgan fingerprint density at radius 1 is 1.07 bits per heavy atom. The number of carbonyl (C=O) groups excluding carboxylic acids is 1. The van der Waals surface area contributed by atoms with Crippen molar-refractivity contribution >= 4 is 23.5 Å². The first-order chi connectivity index (χ1) is 13.5. The maximum absolute atomic E-state index is 12.5. The van der Waals surface area contributed by atoms with Crippen molar-refractivity contribution in [2.75, 3.05) is 17.7 Å². The molecule has 0 spiro atoms. The monoisotopic (exact) mass is 376 g/mol.